The molecule has 0 saturated carbocycles. The van der Waals surface area contributed by atoms with Crippen LogP contribution in [0.15, 0.2) is 23.2 Å². The summed E-state index contributed by atoms with van der Waals surface area (Å²) in [5.41, 5.74) is 0.680. The van der Waals surface area contributed by atoms with Crippen molar-refractivity contribution in [1.82, 2.24) is 10.6 Å². The summed E-state index contributed by atoms with van der Waals surface area (Å²) in [6, 6.07) is 4.47. The maximum Gasteiger partial charge on any atom is 0.234 e. The van der Waals surface area contributed by atoms with Gasteiger partial charge in [-0.3, -0.25) is 9.71 Å². The highest BCUT2D eigenvalue weighted by atomic mass is 127. The summed E-state index contributed by atoms with van der Waals surface area (Å²) in [6.07, 6.45) is 3.65. The minimum Gasteiger partial charge on any atom is -0.373 e. The first-order valence-electron chi connectivity index (χ1n) is 9.33. The van der Waals surface area contributed by atoms with Gasteiger partial charge in [-0.15, -0.1) is 24.0 Å². The number of nitrogens with one attached hydrogen (secondary N) is 3. The van der Waals surface area contributed by atoms with Gasteiger partial charge in [-0.25, -0.2) is 12.8 Å². The molecule has 0 amide bonds. The van der Waals surface area contributed by atoms with Gasteiger partial charge >= 0.3 is 0 Å². The van der Waals surface area contributed by atoms with E-state index in [4.69, 9.17) is 4.74 Å². The average molecular weight is 526 g/mol. The molecule has 3 rings (SSSR count). The van der Waals surface area contributed by atoms with Crippen molar-refractivity contribution < 1.29 is 17.5 Å². The lowest BCUT2D eigenvalue weighted by Gasteiger charge is -2.22. The molecule has 3 N–H and O–H groups in total. The van der Waals surface area contributed by atoms with E-state index in [1.54, 1.807) is 13.0 Å². The van der Waals surface area contributed by atoms with E-state index in [1.807, 2.05) is 6.92 Å². The fraction of sp³-hybridized carbons (Fsp3) is 0.611. The topological polar surface area (TPSA) is 91.8 Å². The van der Waals surface area contributed by atoms with Gasteiger partial charge in [-0.1, -0.05) is 6.07 Å². The van der Waals surface area contributed by atoms with Gasteiger partial charge in [0.15, 0.2) is 5.96 Å². The molecule has 1 aromatic carbocycles. The Bertz CT molecular complexity index is 806. The smallest absolute Gasteiger partial charge is 0.234 e. The minimum atomic E-state index is -3.61. The highest BCUT2D eigenvalue weighted by Gasteiger charge is 2.41. The van der Waals surface area contributed by atoms with Crippen molar-refractivity contribution in [1.29, 1.82) is 0 Å². The monoisotopic (exact) mass is 526 g/mol. The van der Waals surface area contributed by atoms with Crippen LogP contribution in [0, 0.1) is 12.7 Å². The summed E-state index contributed by atoms with van der Waals surface area (Å²) in [5, 5.41) is 6.48. The molecule has 0 radical (unpaired) electrons. The van der Waals surface area contributed by atoms with E-state index in [0.717, 1.165) is 19.3 Å². The Labute approximate surface area is 183 Å². The highest BCUT2D eigenvalue weighted by molar-refractivity contribution is 14.0. The molecule has 0 aromatic heterocycles. The Hall–Kier alpha value is -1.14. The van der Waals surface area contributed by atoms with E-state index >= 15 is 0 Å². The quantitative estimate of drug-likeness (QED) is 0.289. The number of aliphatic imine (C=N–C) groups is 1. The summed E-state index contributed by atoms with van der Waals surface area (Å²) in [5.74, 6) is -0.0399. The van der Waals surface area contributed by atoms with Crippen LogP contribution in [0.4, 0.5) is 10.1 Å². The summed E-state index contributed by atoms with van der Waals surface area (Å²) in [6.45, 7) is 4.36. The third kappa shape index (κ3) is 6.18. The number of anilines is 1. The summed E-state index contributed by atoms with van der Waals surface area (Å²) in [4.78, 5) is 4.36. The molecule has 3 unspecified atom stereocenters. The summed E-state index contributed by atoms with van der Waals surface area (Å²) < 4.78 is 46.2. The Kier molecular flexibility index (Phi) is 8.31. The third-order valence-electron chi connectivity index (χ3n) is 4.85. The van der Waals surface area contributed by atoms with Gasteiger partial charge in [0.25, 0.3) is 0 Å². The second kappa shape index (κ2) is 10.1. The van der Waals surface area contributed by atoms with Crippen molar-refractivity contribution in [2.75, 3.05) is 23.6 Å². The van der Waals surface area contributed by atoms with E-state index in [-0.39, 0.29) is 54.1 Å². The third-order valence-corrected chi connectivity index (χ3v) is 6.11. The zero-order valence-electron chi connectivity index (χ0n) is 16.1. The number of benzene rings is 1. The largest absolute Gasteiger partial charge is 0.373 e. The predicted octanol–water partition coefficient (Wildman–Crippen LogP) is 2.37. The Morgan fingerprint density at radius 3 is 2.75 bits per heavy atom. The molecule has 2 saturated heterocycles. The molecule has 3 atom stereocenters. The lowest BCUT2D eigenvalue weighted by molar-refractivity contribution is 0.0992. The van der Waals surface area contributed by atoms with Gasteiger partial charge in [0.05, 0.1) is 36.2 Å². The number of sulfonamides is 1. The number of aryl methyl sites for hydroxylation is 1. The lowest BCUT2D eigenvalue weighted by atomic mass is 9.96. The van der Waals surface area contributed by atoms with Crippen molar-refractivity contribution in [2.45, 2.75) is 51.4 Å². The maximum atomic E-state index is 13.6. The maximum absolute atomic E-state index is 13.6. The van der Waals surface area contributed by atoms with Gasteiger partial charge in [-0.05, 0) is 50.8 Å². The van der Waals surface area contributed by atoms with Gasteiger partial charge in [0.2, 0.25) is 10.0 Å². The average Bonchev–Trinajstić information content (AvgIpc) is 3.21. The molecule has 158 valence electrons. The van der Waals surface area contributed by atoms with Crippen LogP contribution >= 0.6 is 24.0 Å². The normalized spacial score (nSPS) is 24.0. The van der Waals surface area contributed by atoms with Crippen molar-refractivity contribution in [3.8, 4) is 0 Å². The van der Waals surface area contributed by atoms with Gasteiger partial charge in [0, 0.05) is 6.54 Å². The summed E-state index contributed by atoms with van der Waals surface area (Å²) >= 11 is 0. The molecule has 1 aromatic rings. The van der Waals surface area contributed by atoms with E-state index in [2.05, 4.69) is 20.3 Å². The number of rotatable bonds is 7. The Morgan fingerprint density at radius 1 is 1.36 bits per heavy atom. The highest BCUT2D eigenvalue weighted by Crippen LogP contribution is 2.34. The first-order chi connectivity index (χ1) is 12.9. The first kappa shape index (κ1) is 23.1. The zero-order valence-corrected chi connectivity index (χ0v) is 19.2. The van der Waals surface area contributed by atoms with Crippen molar-refractivity contribution in [3.63, 3.8) is 0 Å². The zero-order chi connectivity index (χ0) is 19.4. The van der Waals surface area contributed by atoms with Crippen molar-refractivity contribution >= 4 is 45.6 Å². The number of hydrogen-bond acceptors (Lipinski definition) is 4. The molecule has 2 heterocycles. The molecular weight excluding hydrogens is 498 g/mol. The SMILES string of the molecule is CCNC(=NCCS(=O)(=O)Nc1ccc(C)c(F)c1)NC1CC2CCC1O2.I. The van der Waals surface area contributed by atoms with Crippen LogP contribution in [0.5, 0.6) is 0 Å². The fourth-order valence-corrected chi connectivity index (χ4v) is 4.37. The number of ether oxygens (including phenoxy) is 1. The van der Waals surface area contributed by atoms with Crippen LogP contribution in [0.25, 0.3) is 0 Å². The molecule has 0 aliphatic carbocycles. The fourth-order valence-electron chi connectivity index (χ4n) is 3.45. The summed E-state index contributed by atoms with van der Waals surface area (Å²) in [7, 11) is -3.61. The number of hydrogen-bond donors (Lipinski definition) is 3. The molecular formula is C18H28FIN4O3S. The van der Waals surface area contributed by atoms with Crippen LogP contribution in [0.3, 0.4) is 0 Å². The van der Waals surface area contributed by atoms with E-state index < -0.39 is 15.8 Å². The molecule has 2 fully saturated rings. The van der Waals surface area contributed by atoms with Gasteiger partial charge in [-0.2, -0.15) is 0 Å². The molecule has 0 spiro atoms. The van der Waals surface area contributed by atoms with Gasteiger partial charge in [0.1, 0.15) is 5.82 Å². The van der Waals surface area contributed by atoms with Crippen molar-refractivity contribution in [2.24, 2.45) is 4.99 Å². The van der Waals surface area contributed by atoms with Gasteiger partial charge < -0.3 is 15.4 Å². The number of fused-ring (bicyclic) bond motifs is 2. The Morgan fingerprint density at radius 2 is 2.14 bits per heavy atom. The van der Waals surface area contributed by atoms with Crippen LogP contribution < -0.4 is 15.4 Å². The molecule has 2 aliphatic rings. The first-order valence-corrected chi connectivity index (χ1v) is 11.0. The van der Waals surface area contributed by atoms with Crippen molar-refractivity contribution in [3.05, 3.63) is 29.6 Å². The minimum absolute atomic E-state index is 0. The van der Waals surface area contributed by atoms with E-state index in [1.165, 1.54) is 12.1 Å². The second-order valence-electron chi connectivity index (χ2n) is 7.01. The van der Waals surface area contributed by atoms with Crippen LogP contribution in [0.2, 0.25) is 0 Å². The van der Waals surface area contributed by atoms with Crippen LogP contribution in [-0.2, 0) is 14.8 Å². The molecule has 28 heavy (non-hydrogen) atoms. The molecule has 7 nitrogen and oxygen atoms in total. The van der Waals surface area contributed by atoms with E-state index in [0.29, 0.717) is 24.2 Å². The van der Waals surface area contributed by atoms with Crippen LogP contribution in [0.1, 0.15) is 31.7 Å². The van der Waals surface area contributed by atoms with Crippen LogP contribution in [-0.4, -0.2) is 51.5 Å². The second-order valence-corrected chi connectivity index (χ2v) is 8.85. The number of guanidine groups is 1. The predicted molar refractivity (Wildman–Crippen MR) is 119 cm³/mol. The number of nitrogens with zero attached hydrogens (tertiary/aromatic N) is 1. The van der Waals surface area contributed by atoms with E-state index in [9.17, 15) is 12.8 Å². The Balaban J connectivity index is 0.00000280. The number of halogens is 2. The molecule has 2 bridgehead atoms. The molecule has 2 aliphatic heterocycles. The standard InChI is InChI=1S/C18H27FN4O3S.HI/c1-3-20-18(22-16-11-14-6-7-17(16)26-14)21-8-9-27(24,25)23-13-5-4-12(2)15(19)10-13;/h4-5,10,14,16-17,23H,3,6-9,11H2,1-2H3,(H2,20,21,22);1H. The molecule has 10 heteroatoms. The lowest BCUT2D eigenvalue weighted by Crippen LogP contribution is -2.47.